The van der Waals surface area contributed by atoms with Crippen molar-refractivity contribution in [3.8, 4) is 0 Å². The number of nitrogens with one attached hydrogen (secondary N) is 1. The molecule has 0 saturated carbocycles. The molecule has 20 heavy (non-hydrogen) atoms. The highest BCUT2D eigenvalue weighted by molar-refractivity contribution is 6.33. The molecule has 0 unspecified atom stereocenters. The molecule has 6 heteroatoms. The van der Waals surface area contributed by atoms with Crippen molar-refractivity contribution in [3.05, 3.63) is 70.2 Å². The predicted molar refractivity (Wildman–Crippen MR) is 72.9 cm³/mol. The Bertz CT molecular complexity index is 636. The molecule has 1 N–H and O–H groups in total. The van der Waals surface area contributed by atoms with Crippen LogP contribution in [0.3, 0.4) is 0 Å². The van der Waals surface area contributed by atoms with Crippen molar-refractivity contribution < 1.29 is 13.6 Å². The Kier molecular flexibility index (Phi) is 4.42. The molecule has 0 aliphatic rings. The molecule has 0 saturated heterocycles. The van der Waals surface area contributed by atoms with Crippen molar-refractivity contribution in [2.75, 3.05) is 0 Å². The van der Waals surface area contributed by atoms with Crippen LogP contribution in [-0.4, -0.2) is 12.1 Å². The summed E-state index contributed by atoms with van der Waals surface area (Å²) in [5.41, 5.74) is 2.52. The largest absolute Gasteiger partial charge is 0.271 e. The average molecular weight is 295 g/mol. The highest BCUT2D eigenvalue weighted by Gasteiger charge is 2.05. The topological polar surface area (TPSA) is 41.5 Å². The van der Waals surface area contributed by atoms with Crippen LogP contribution in [0.5, 0.6) is 0 Å². The zero-order valence-electron chi connectivity index (χ0n) is 10.1. The minimum absolute atomic E-state index is 0.0774. The molecule has 0 bridgehead atoms. The van der Waals surface area contributed by atoms with Gasteiger partial charge >= 0.3 is 0 Å². The molecule has 102 valence electrons. The molecule has 0 fully saturated rings. The van der Waals surface area contributed by atoms with Gasteiger partial charge in [-0.15, -0.1) is 0 Å². The lowest BCUT2D eigenvalue weighted by atomic mass is 10.2. The van der Waals surface area contributed by atoms with E-state index in [1.807, 2.05) is 0 Å². The SMILES string of the molecule is O=C(N/N=C\c1c(F)cccc1Cl)c1ccc(F)cc1. The maximum atomic E-state index is 13.4. The van der Waals surface area contributed by atoms with E-state index in [1.165, 1.54) is 30.3 Å². The third-order valence-electron chi connectivity index (χ3n) is 2.47. The minimum atomic E-state index is -0.544. The van der Waals surface area contributed by atoms with E-state index in [0.29, 0.717) is 0 Å². The number of carbonyl (C=O) groups excluding carboxylic acids is 1. The smallest absolute Gasteiger partial charge is 0.267 e. The van der Waals surface area contributed by atoms with Gasteiger partial charge in [0.2, 0.25) is 0 Å². The Balaban J connectivity index is 2.06. The lowest BCUT2D eigenvalue weighted by molar-refractivity contribution is 0.0955. The average Bonchev–Trinajstić information content (AvgIpc) is 2.42. The van der Waals surface area contributed by atoms with Crippen LogP contribution in [0.1, 0.15) is 15.9 Å². The van der Waals surface area contributed by atoms with Gasteiger partial charge in [0, 0.05) is 11.1 Å². The van der Waals surface area contributed by atoms with E-state index in [9.17, 15) is 13.6 Å². The monoisotopic (exact) mass is 294 g/mol. The number of hydrogen-bond acceptors (Lipinski definition) is 2. The van der Waals surface area contributed by atoms with Crippen molar-refractivity contribution in [1.82, 2.24) is 5.43 Å². The molecule has 2 aromatic rings. The van der Waals surface area contributed by atoms with Gasteiger partial charge in [0.05, 0.1) is 11.2 Å². The van der Waals surface area contributed by atoms with Crippen LogP contribution in [-0.2, 0) is 0 Å². The van der Waals surface area contributed by atoms with E-state index < -0.39 is 17.5 Å². The fourth-order valence-corrected chi connectivity index (χ4v) is 1.67. The molecule has 3 nitrogen and oxygen atoms in total. The molecule has 2 aromatic carbocycles. The first kappa shape index (κ1) is 14.1. The van der Waals surface area contributed by atoms with Gasteiger partial charge in [0.1, 0.15) is 11.6 Å². The van der Waals surface area contributed by atoms with Crippen LogP contribution in [0.25, 0.3) is 0 Å². The van der Waals surface area contributed by atoms with Gasteiger partial charge in [0.15, 0.2) is 0 Å². The van der Waals surface area contributed by atoms with E-state index in [4.69, 9.17) is 11.6 Å². The first-order valence-corrected chi connectivity index (χ1v) is 5.98. The highest BCUT2D eigenvalue weighted by Crippen LogP contribution is 2.16. The lowest BCUT2D eigenvalue weighted by Crippen LogP contribution is -2.17. The maximum Gasteiger partial charge on any atom is 0.271 e. The van der Waals surface area contributed by atoms with Gasteiger partial charge in [-0.05, 0) is 36.4 Å². The minimum Gasteiger partial charge on any atom is -0.267 e. The molecular weight excluding hydrogens is 286 g/mol. The van der Waals surface area contributed by atoms with E-state index in [2.05, 4.69) is 10.5 Å². The van der Waals surface area contributed by atoms with Crippen molar-refractivity contribution in [2.24, 2.45) is 5.10 Å². The van der Waals surface area contributed by atoms with Crippen molar-refractivity contribution in [3.63, 3.8) is 0 Å². The molecule has 0 radical (unpaired) electrons. The van der Waals surface area contributed by atoms with Crippen LogP contribution in [0.2, 0.25) is 5.02 Å². The van der Waals surface area contributed by atoms with Crippen LogP contribution in [0.15, 0.2) is 47.6 Å². The number of carbonyl (C=O) groups is 1. The van der Waals surface area contributed by atoms with Crippen LogP contribution < -0.4 is 5.43 Å². The van der Waals surface area contributed by atoms with Crippen molar-refractivity contribution in [2.45, 2.75) is 0 Å². The Hall–Kier alpha value is -2.27. The Morgan fingerprint density at radius 2 is 1.85 bits per heavy atom. The number of amides is 1. The molecule has 0 heterocycles. The van der Waals surface area contributed by atoms with Crippen LogP contribution in [0, 0.1) is 11.6 Å². The van der Waals surface area contributed by atoms with E-state index in [-0.39, 0.29) is 16.1 Å². The summed E-state index contributed by atoms with van der Waals surface area (Å²) < 4.78 is 26.1. The number of hydrazone groups is 1. The summed E-state index contributed by atoms with van der Waals surface area (Å²) in [6.45, 7) is 0. The Morgan fingerprint density at radius 3 is 2.50 bits per heavy atom. The summed E-state index contributed by atoms with van der Waals surface area (Å²) in [6, 6.07) is 9.15. The first-order chi connectivity index (χ1) is 9.58. The van der Waals surface area contributed by atoms with Gasteiger partial charge in [0.25, 0.3) is 5.91 Å². The van der Waals surface area contributed by atoms with Crippen molar-refractivity contribution in [1.29, 1.82) is 0 Å². The molecule has 0 atom stereocenters. The molecule has 2 rings (SSSR count). The molecular formula is C14H9ClF2N2O. The maximum absolute atomic E-state index is 13.4. The summed E-state index contributed by atoms with van der Waals surface area (Å²) in [7, 11) is 0. The molecule has 0 aromatic heterocycles. The quantitative estimate of drug-likeness (QED) is 0.684. The molecule has 1 amide bonds. The van der Waals surface area contributed by atoms with Gasteiger partial charge in [-0.2, -0.15) is 5.10 Å². The summed E-state index contributed by atoms with van der Waals surface area (Å²) in [4.78, 5) is 11.6. The number of benzene rings is 2. The van der Waals surface area contributed by atoms with Gasteiger partial charge in [-0.3, -0.25) is 4.79 Å². The second kappa shape index (κ2) is 6.25. The third-order valence-corrected chi connectivity index (χ3v) is 2.80. The second-order valence-corrected chi connectivity index (χ2v) is 4.25. The number of nitrogens with zero attached hydrogens (tertiary/aromatic N) is 1. The molecule has 0 aliphatic heterocycles. The zero-order valence-corrected chi connectivity index (χ0v) is 10.9. The van der Waals surface area contributed by atoms with Gasteiger partial charge in [-0.25, -0.2) is 14.2 Å². The van der Waals surface area contributed by atoms with Crippen LogP contribution in [0.4, 0.5) is 8.78 Å². The van der Waals surface area contributed by atoms with E-state index in [1.54, 1.807) is 0 Å². The summed E-state index contributed by atoms with van der Waals surface area (Å²) in [5.74, 6) is -1.52. The zero-order chi connectivity index (χ0) is 14.5. The summed E-state index contributed by atoms with van der Waals surface area (Å²) in [5, 5.41) is 3.80. The van der Waals surface area contributed by atoms with E-state index in [0.717, 1.165) is 18.3 Å². The predicted octanol–water partition coefficient (Wildman–Crippen LogP) is 3.38. The standard InChI is InChI=1S/C14H9ClF2N2O/c15-12-2-1-3-13(17)11(12)8-18-19-14(20)9-4-6-10(16)7-5-9/h1-8H,(H,19,20)/b18-8-. The molecule has 0 aliphatic carbocycles. The van der Waals surface area contributed by atoms with Gasteiger partial charge in [-0.1, -0.05) is 17.7 Å². The second-order valence-electron chi connectivity index (χ2n) is 3.84. The van der Waals surface area contributed by atoms with Gasteiger partial charge < -0.3 is 0 Å². The number of hydrogen-bond donors (Lipinski definition) is 1. The number of halogens is 3. The Labute approximate surface area is 118 Å². The molecule has 0 spiro atoms. The van der Waals surface area contributed by atoms with E-state index >= 15 is 0 Å². The fraction of sp³-hybridized carbons (Fsp3) is 0. The lowest BCUT2D eigenvalue weighted by Gasteiger charge is -2.01. The first-order valence-electron chi connectivity index (χ1n) is 5.61. The highest BCUT2D eigenvalue weighted by atomic mass is 35.5. The number of rotatable bonds is 3. The Morgan fingerprint density at radius 1 is 1.15 bits per heavy atom. The van der Waals surface area contributed by atoms with Crippen LogP contribution >= 0.6 is 11.6 Å². The fourth-order valence-electron chi connectivity index (χ4n) is 1.46. The summed E-state index contributed by atoms with van der Waals surface area (Å²) >= 11 is 5.79. The van der Waals surface area contributed by atoms with Crippen molar-refractivity contribution >= 4 is 23.7 Å². The third kappa shape index (κ3) is 3.39. The summed E-state index contributed by atoms with van der Waals surface area (Å²) in [6.07, 6.45) is 1.11. The normalized spacial score (nSPS) is 10.8.